The van der Waals surface area contributed by atoms with Crippen molar-refractivity contribution in [2.24, 2.45) is 0 Å². The highest BCUT2D eigenvalue weighted by Gasteiger charge is 2.47. The minimum absolute atomic E-state index is 0.124. The predicted molar refractivity (Wildman–Crippen MR) is 102 cm³/mol. The number of benzene rings is 1. The van der Waals surface area contributed by atoms with Crippen LogP contribution in [0.5, 0.6) is 0 Å². The highest BCUT2D eigenvalue weighted by Crippen LogP contribution is 2.40. The van der Waals surface area contributed by atoms with Crippen LogP contribution in [0.2, 0.25) is 0 Å². The van der Waals surface area contributed by atoms with E-state index in [9.17, 15) is 13.2 Å². The molecule has 1 aromatic rings. The Morgan fingerprint density at radius 1 is 1.11 bits per heavy atom. The van der Waals surface area contributed by atoms with Crippen LogP contribution in [0, 0.1) is 6.92 Å². The van der Waals surface area contributed by atoms with Crippen LogP contribution >= 0.6 is 0 Å². The van der Waals surface area contributed by atoms with Gasteiger partial charge in [0.2, 0.25) is 10.0 Å². The molecule has 27 heavy (non-hydrogen) atoms. The second-order valence-corrected chi connectivity index (χ2v) is 10.0. The number of hydrogen-bond donors (Lipinski definition) is 0. The summed E-state index contributed by atoms with van der Waals surface area (Å²) in [7, 11) is -3.47. The number of amides is 1. The number of nitrogens with zero attached hydrogens (tertiary/aromatic N) is 2. The summed E-state index contributed by atoms with van der Waals surface area (Å²) in [6.07, 6.45) is 4.72. The predicted octanol–water partition coefficient (Wildman–Crippen LogP) is 2.32. The lowest BCUT2D eigenvalue weighted by Crippen LogP contribution is -2.47. The number of ether oxygens (including phenoxy) is 1. The van der Waals surface area contributed by atoms with Crippen molar-refractivity contribution in [1.29, 1.82) is 0 Å². The molecule has 1 atom stereocenters. The Labute approximate surface area is 161 Å². The summed E-state index contributed by atoms with van der Waals surface area (Å²) in [4.78, 5) is 14.9. The van der Waals surface area contributed by atoms with Gasteiger partial charge in [-0.25, -0.2) is 8.42 Å². The van der Waals surface area contributed by atoms with Gasteiger partial charge in [-0.1, -0.05) is 12.1 Å². The van der Waals surface area contributed by atoms with E-state index in [2.05, 4.69) is 0 Å². The molecule has 3 heterocycles. The number of aryl methyl sites for hydroxylation is 1. The quantitative estimate of drug-likeness (QED) is 0.792. The standard InChI is InChI=1S/C20H28N2O4S/c1-16-5-4-6-17(15-16)27(24,25)22-13-9-20(10-14-22)8-7-18(26-20)19(23)21-11-2-3-12-21/h4-6,15,18H,2-3,7-14H2,1H3. The fourth-order valence-electron chi connectivity index (χ4n) is 4.56. The summed E-state index contributed by atoms with van der Waals surface area (Å²) in [5.41, 5.74) is 0.602. The van der Waals surface area contributed by atoms with Crippen molar-refractivity contribution in [2.45, 2.75) is 62.0 Å². The van der Waals surface area contributed by atoms with Crippen molar-refractivity contribution < 1.29 is 17.9 Å². The van der Waals surface area contributed by atoms with E-state index in [1.54, 1.807) is 22.5 Å². The molecule has 3 fully saturated rings. The topological polar surface area (TPSA) is 66.9 Å². The Bertz CT molecular complexity index is 809. The zero-order chi connectivity index (χ0) is 19.1. The van der Waals surface area contributed by atoms with E-state index in [1.165, 1.54) is 0 Å². The molecule has 0 bridgehead atoms. The summed E-state index contributed by atoms with van der Waals surface area (Å²) in [6.45, 7) is 4.47. The number of carbonyl (C=O) groups is 1. The third-order valence-corrected chi connectivity index (χ3v) is 8.10. The molecule has 7 heteroatoms. The van der Waals surface area contributed by atoms with Crippen LogP contribution < -0.4 is 0 Å². The number of rotatable bonds is 3. The zero-order valence-electron chi connectivity index (χ0n) is 15.9. The summed E-state index contributed by atoms with van der Waals surface area (Å²) in [6, 6.07) is 7.05. The smallest absolute Gasteiger partial charge is 0.251 e. The third-order valence-electron chi connectivity index (χ3n) is 6.21. The fourth-order valence-corrected chi connectivity index (χ4v) is 6.10. The van der Waals surface area contributed by atoms with Crippen LogP contribution in [-0.2, 0) is 19.6 Å². The second kappa shape index (κ2) is 7.18. The monoisotopic (exact) mass is 392 g/mol. The third kappa shape index (κ3) is 3.65. The van der Waals surface area contributed by atoms with Gasteiger partial charge in [0.15, 0.2) is 0 Å². The van der Waals surface area contributed by atoms with Gasteiger partial charge in [-0.15, -0.1) is 0 Å². The Balaban J connectivity index is 1.39. The van der Waals surface area contributed by atoms with E-state index in [4.69, 9.17) is 4.74 Å². The lowest BCUT2D eigenvalue weighted by atomic mass is 9.89. The first-order valence-electron chi connectivity index (χ1n) is 9.93. The summed E-state index contributed by atoms with van der Waals surface area (Å²) in [5.74, 6) is 0.124. The van der Waals surface area contributed by atoms with E-state index in [0.717, 1.165) is 44.3 Å². The number of piperidine rings is 1. The van der Waals surface area contributed by atoms with E-state index in [1.807, 2.05) is 17.9 Å². The molecule has 3 saturated heterocycles. The van der Waals surface area contributed by atoms with Gasteiger partial charge in [0.25, 0.3) is 5.91 Å². The Morgan fingerprint density at radius 2 is 1.81 bits per heavy atom. The van der Waals surface area contributed by atoms with Crippen LogP contribution in [0.25, 0.3) is 0 Å². The second-order valence-electron chi connectivity index (χ2n) is 8.08. The van der Waals surface area contributed by atoms with Crippen LogP contribution in [0.4, 0.5) is 0 Å². The van der Waals surface area contributed by atoms with Gasteiger partial charge in [-0.05, 0) is 63.1 Å². The molecule has 1 spiro atoms. The van der Waals surface area contributed by atoms with E-state index < -0.39 is 10.0 Å². The number of likely N-dealkylation sites (tertiary alicyclic amines) is 1. The summed E-state index contributed by atoms with van der Waals surface area (Å²) >= 11 is 0. The minimum Gasteiger partial charge on any atom is -0.362 e. The lowest BCUT2D eigenvalue weighted by molar-refractivity contribution is -0.149. The molecule has 0 N–H and O–H groups in total. The largest absolute Gasteiger partial charge is 0.362 e. The summed E-state index contributed by atoms with van der Waals surface area (Å²) < 4.78 is 33.6. The molecule has 6 nitrogen and oxygen atoms in total. The first-order chi connectivity index (χ1) is 12.9. The average Bonchev–Trinajstić information content (AvgIpc) is 3.32. The highest BCUT2D eigenvalue weighted by atomic mass is 32.2. The van der Waals surface area contributed by atoms with Gasteiger partial charge in [-0.3, -0.25) is 4.79 Å². The van der Waals surface area contributed by atoms with Gasteiger partial charge in [-0.2, -0.15) is 4.31 Å². The molecule has 4 rings (SSSR count). The zero-order valence-corrected chi connectivity index (χ0v) is 16.7. The Morgan fingerprint density at radius 3 is 2.48 bits per heavy atom. The van der Waals surface area contributed by atoms with Crippen molar-refractivity contribution in [3.05, 3.63) is 29.8 Å². The molecule has 0 radical (unpaired) electrons. The van der Waals surface area contributed by atoms with Crippen LogP contribution in [0.1, 0.15) is 44.1 Å². The maximum absolute atomic E-state index is 12.9. The van der Waals surface area contributed by atoms with E-state index in [0.29, 0.717) is 30.8 Å². The molecule has 1 amide bonds. The average molecular weight is 393 g/mol. The van der Waals surface area contributed by atoms with Crippen LogP contribution in [0.3, 0.4) is 0 Å². The molecule has 148 valence electrons. The SMILES string of the molecule is Cc1cccc(S(=O)(=O)N2CCC3(CCC(C(=O)N4CCCC4)O3)CC2)c1. The van der Waals surface area contributed by atoms with Gasteiger partial charge in [0.1, 0.15) is 6.10 Å². The first-order valence-corrected chi connectivity index (χ1v) is 11.4. The molecular weight excluding hydrogens is 364 g/mol. The normalized spacial score (nSPS) is 26.0. The fraction of sp³-hybridized carbons (Fsp3) is 0.650. The van der Waals surface area contributed by atoms with Crippen molar-refractivity contribution in [1.82, 2.24) is 9.21 Å². The highest BCUT2D eigenvalue weighted by molar-refractivity contribution is 7.89. The minimum atomic E-state index is -3.47. The molecular formula is C20H28N2O4S. The molecule has 0 aromatic heterocycles. The van der Waals surface area contributed by atoms with Gasteiger partial charge in [0.05, 0.1) is 10.5 Å². The number of hydrogen-bond acceptors (Lipinski definition) is 4. The summed E-state index contributed by atoms with van der Waals surface area (Å²) in [5, 5.41) is 0. The van der Waals surface area contributed by atoms with Crippen molar-refractivity contribution in [2.75, 3.05) is 26.2 Å². The Hall–Kier alpha value is -1.44. The molecule has 0 saturated carbocycles. The lowest BCUT2D eigenvalue weighted by Gasteiger charge is -2.38. The maximum Gasteiger partial charge on any atom is 0.251 e. The number of carbonyl (C=O) groups excluding carboxylic acids is 1. The van der Waals surface area contributed by atoms with E-state index in [-0.39, 0.29) is 17.6 Å². The molecule has 3 aliphatic rings. The van der Waals surface area contributed by atoms with Crippen molar-refractivity contribution >= 4 is 15.9 Å². The van der Waals surface area contributed by atoms with Gasteiger partial charge in [0, 0.05) is 26.2 Å². The molecule has 3 aliphatic heterocycles. The Kier molecular flexibility index (Phi) is 5.03. The maximum atomic E-state index is 12.9. The number of sulfonamides is 1. The van der Waals surface area contributed by atoms with Crippen molar-refractivity contribution in [3.63, 3.8) is 0 Å². The molecule has 1 aromatic carbocycles. The van der Waals surface area contributed by atoms with Gasteiger partial charge >= 0.3 is 0 Å². The molecule has 1 unspecified atom stereocenters. The van der Waals surface area contributed by atoms with Crippen LogP contribution in [-0.4, -0.2) is 61.4 Å². The van der Waals surface area contributed by atoms with Crippen molar-refractivity contribution in [3.8, 4) is 0 Å². The van der Waals surface area contributed by atoms with Gasteiger partial charge < -0.3 is 9.64 Å². The van der Waals surface area contributed by atoms with Crippen LogP contribution in [0.15, 0.2) is 29.2 Å². The molecule has 0 aliphatic carbocycles. The first kappa shape index (κ1) is 18.9. The van der Waals surface area contributed by atoms with E-state index >= 15 is 0 Å².